The Morgan fingerprint density at radius 1 is 1.27 bits per heavy atom. The van der Waals surface area contributed by atoms with Crippen LogP contribution in [-0.2, 0) is 9.59 Å². The summed E-state index contributed by atoms with van der Waals surface area (Å²) in [6.07, 6.45) is 1.78. The van der Waals surface area contributed by atoms with E-state index in [-0.39, 0.29) is 24.8 Å². The van der Waals surface area contributed by atoms with Crippen LogP contribution in [0.5, 0.6) is 0 Å². The van der Waals surface area contributed by atoms with Crippen LogP contribution in [0.4, 0.5) is 14.5 Å². The van der Waals surface area contributed by atoms with Gasteiger partial charge in [0.25, 0.3) is 0 Å². The van der Waals surface area contributed by atoms with Gasteiger partial charge in [0.1, 0.15) is 0 Å². The Balaban J connectivity index is 1.91. The van der Waals surface area contributed by atoms with Crippen molar-refractivity contribution in [3.05, 3.63) is 29.8 Å². The number of rotatable bonds is 5. The number of piperidine rings is 1. The summed E-state index contributed by atoms with van der Waals surface area (Å²) in [5.74, 6) is -2.41. The predicted octanol–water partition coefficient (Wildman–Crippen LogP) is 1.63. The van der Waals surface area contributed by atoms with Gasteiger partial charge in [-0.25, -0.2) is 8.78 Å². The minimum Gasteiger partial charge on any atom is -0.380 e. The summed E-state index contributed by atoms with van der Waals surface area (Å²) in [5, 5.41) is 3.11. The van der Waals surface area contributed by atoms with E-state index >= 15 is 0 Å². The summed E-state index contributed by atoms with van der Waals surface area (Å²) in [5.41, 5.74) is 5.52. The Hall–Kier alpha value is -2.18. The summed E-state index contributed by atoms with van der Waals surface area (Å²) in [7, 11) is 0. The highest BCUT2D eigenvalue weighted by molar-refractivity contribution is 5.83. The molecule has 0 bridgehead atoms. The van der Waals surface area contributed by atoms with Crippen molar-refractivity contribution in [1.29, 1.82) is 0 Å². The number of halogens is 2. The lowest BCUT2D eigenvalue weighted by Crippen LogP contribution is -2.45. The van der Waals surface area contributed by atoms with Gasteiger partial charge in [0, 0.05) is 43.7 Å². The van der Waals surface area contributed by atoms with Gasteiger partial charge in [-0.2, -0.15) is 0 Å². The summed E-state index contributed by atoms with van der Waals surface area (Å²) in [6.45, 7) is 1.10. The molecule has 1 fully saturated rings. The standard InChI is InChI=1S/C15H19F2N3O2/c16-12-4-3-10(8-13(12)17)19-11-2-1-7-20(9-11)15(22)6-5-14(18)21/h3-4,8,11,19H,1-2,5-7,9H2,(H2,18,21). The zero-order chi connectivity index (χ0) is 16.1. The van der Waals surface area contributed by atoms with E-state index in [1.807, 2.05) is 0 Å². The quantitative estimate of drug-likeness (QED) is 0.868. The molecular weight excluding hydrogens is 292 g/mol. The van der Waals surface area contributed by atoms with Gasteiger partial charge in [-0.1, -0.05) is 0 Å². The highest BCUT2D eigenvalue weighted by atomic mass is 19.2. The first-order chi connectivity index (χ1) is 10.5. The maximum absolute atomic E-state index is 13.2. The number of carbonyl (C=O) groups is 2. The number of nitrogens with two attached hydrogens (primary N) is 1. The van der Waals surface area contributed by atoms with E-state index in [2.05, 4.69) is 5.32 Å². The van der Waals surface area contributed by atoms with E-state index in [0.717, 1.165) is 25.0 Å². The van der Waals surface area contributed by atoms with E-state index in [1.54, 1.807) is 4.90 Å². The number of likely N-dealkylation sites (tertiary alicyclic amines) is 1. The number of anilines is 1. The number of nitrogens with one attached hydrogen (secondary N) is 1. The first-order valence-electron chi connectivity index (χ1n) is 7.23. The Labute approximate surface area is 127 Å². The zero-order valence-electron chi connectivity index (χ0n) is 12.1. The van der Waals surface area contributed by atoms with Crippen molar-refractivity contribution in [2.24, 2.45) is 5.73 Å². The molecule has 2 amide bonds. The molecule has 1 aliphatic rings. The summed E-state index contributed by atoms with van der Waals surface area (Å²) < 4.78 is 26.1. The third-order valence-corrected chi connectivity index (χ3v) is 3.65. The van der Waals surface area contributed by atoms with Crippen molar-refractivity contribution in [2.75, 3.05) is 18.4 Å². The second kappa shape index (κ2) is 7.20. The van der Waals surface area contributed by atoms with Gasteiger partial charge in [-0.3, -0.25) is 9.59 Å². The molecule has 0 spiro atoms. The van der Waals surface area contributed by atoms with Crippen molar-refractivity contribution in [1.82, 2.24) is 4.90 Å². The van der Waals surface area contributed by atoms with Crippen molar-refractivity contribution in [3.8, 4) is 0 Å². The van der Waals surface area contributed by atoms with Crippen molar-refractivity contribution in [2.45, 2.75) is 31.7 Å². The van der Waals surface area contributed by atoms with E-state index in [9.17, 15) is 18.4 Å². The number of benzene rings is 1. The molecule has 1 unspecified atom stereocenters. The fraction of sp³-hybridized carbons (Fsp3) is 0.467. The zero-order valence-corrected chi connectivity index (χ0v) is 12.1. The average Bonchev–Trinajstić information content (AvgIpc) is 2.49. The molecule has 1 aromatic carbocycles. The van der Waals surface area contributed by atoms with E-state index < -0.39 is 17.5 Å². The fourth-order valence-corrected chi connectivity index (χ4v) is 2.53. The van der Waals surface area contributed by atoms with Gasteiger partial charge in [0.05, 0.1) is 0 Å². The van der Waals surface area contributed by atoms with Crippen molar-refractivity contribution in [3.63, 3.8) is 0 Å². The van der Waals surface area contributed by atoms with Crippen LogP contribution < -0.4 is 11.1 Å². The van der Waals surface area contributed by atoms with Gasteiger partial charge in [-0.15, -0.1) is 0 Å². The SMILES string of the molecule is NC(=O)CCC(=O)N1CCCC(Nc2ccc(F)c(F)c2)C1. The lowest BCUT2D eigenvalue weighted by molar-refractivity contribution is -0.134. The van der Waals surface area contributed by atoms with Crippen molar-refractivity contribution < 1.29 is 18.4 Å². The minimum atomic E-state index is -0.907. The van der Waals surface area contributed by atoms with Crippen molar-refractivity contribution >= 4 is 17.5 Å². The van der Waals surface area contributed by atoms with Crippen LogP contribution in [0.2, 0.25) is 0 Å². The Morgan fingerprint density at radius 3 is 2.73 bits per heavy atom. The lowest BCUT2D eigenvalue weighted by atomic mass is 10.0. The number of hydrogen-bond acceptors (Lipinski definition) is 3. The van der Waals surface area contributed by atoms with E-state index in [1.165, 1.54) is 6.07 Å². The second-order valence-corrected chi connectivity index (χ2v) is 5.42. The maximum atomic E-state index is 13.2. The van der Waals surface area contributed by atoms with Crippen LogP contribution in [0.15, 0.2) is 18.2 Å². The summed E-state index contributed by atoms with van der Waals surface area (Å²) in [4.78, 5) is 24.4. The Kier molecular flexibility index (Phi) is 5.30. The predicted molar refractivity (Wildman–Crippen MR) is 78.0 cm³/mol. The summed E-state index contributed by atoms with van der Waals surface area (Å²) in [6, 6.07) is 3.60. The first-order valence-corrected chi connectivity index (χ1v) is 7.23. The molecule has 5 nitrogen and oxygen atoms in total. The van der Waals surface area contributed by atoms with Crippen LogP contribution in [0.3, 0.4) is 0 Å². The van der Waals surface area contributed by atoms with Gasteiger partial charge < -0.3 is 16.0 Å². The first kappa shape index (κ1) is 16.2. The van der Waals surface area contributed by atoms with Crippen LogP contribution in [0, 0.1) is 11.6 Å². The average molecular weight is 311 g/mol. The third kappa shape index (κ3) is 4.41. The molecule has 0 aromatic heterocycles. The molecule has 120 valence electrons. The lowest BCUT2D eigenvalue weighted by Gasteiger charge is -2.33. The highest BCUT2D eigenvalue weighted by Crippen LogP contribution is 2.19. The molecule has 1 aliphatic heterocycles. The number of nitrogens with zero attached hydrogens (tertiary/aromatic N) is 1. The second-order valence-electron chi connectivity index (χ2n) is 5.42. The van der Waals surface area contributed by atoms with Crippen LogP contribution >= 0.6 is 0 Å². The highest BCUT2D eigenvalue weighted by Gasteiger charge is 2.23. The molecule has 1 saturated heterocycles. The molecule has 1 heterocycles. The molecule has 3 N–H and O–H groups in total. The fourth-order valence-electron chi connectivity index (χ4n) is 2.53. The molecule has 0 saturated carbocycles. The van der Waals surface area contributed by atoms with E-state index in [4.69, 9.17) is 5.73 Å². The maximum Gasteiger partial charge on any atom is 0.223 e. The Bertz CT molecular complexity index is 566. The smallest absolute Gasteiger partial charge is 0.223 e. The monoisotopic (exact) mass is 311 g/mol. The minimum absolute atomic E-state index is 0.0314. The number of carbonyl (C=O) groups excluding carboxylic acids is 2. The molecule has 22 heavy (non-hydrogen) atoms. The number of primary amides is 1. The van der Waals surface area contributed by atoms with Gasteiger partial charge in [0.15, 0.2) is 11.6 Å². The third-order valence-electron chi connectivity index (χ3n) is 3.65. The topological polar surface area (TPSA) is 75.4 Å². The molecule has 0 radical (unpaired) electrons. The van der Waals surface area contributed by atoms with Gasteiger partial charge in [-0.05, 0) is 25.0 Å². The van der Waals surface area contributed by atoms with Crippen LogP contribution in [-0.4, -0.2) is 35.8 Å². The number of hydrogen-bond donors (Lipinski definition) is 2. The van der Waals surface area contributed by atoms with Gasteiger partial charge >= 0.3 is 0 Å². The normalized spacial score (nSPS) is 18.1. The molecule has 1 atom stereocenters. The van der Waals surface area contributed by atoms with Gasteiger partial charge in [0.2, 0.25) is 11.8 Å². The molecule has 7 heteroatoms. The van der Waals surface area contributed by atoms with E-state index in [0.29, 0.717) is 18.8 Å². The molecular formula is C15H19F2N3O2. The molecule has 2 rings (SSSR count). The van der Waals surface area contributed by atoms with Crippen LogP contribution in [0.25, 0.3) is 0 Å². The summed E-state index contributed by atoms with van der Waals surface area (Å²) >= 11 is 0. The molecule has 1 aromatic rings. The van der Waals surface area contributed by atoms with Crippen LogP contribution in [0.1, 0.15) is 25.7 Å². The largest absolute Gasteiger partial charge is 0.380 e. The molecule has 0 aliphatic carbocycles. The Morgan fingerprint density at radius 2 is 2.05 bits per heavy atom. The number of amides is 2.